The molecule has 0 bridgehead atoms. The molecule has 1 unspecified atom stereocenters. The number of rotatable bonds is 4. The molecule has 4 rings (SSSR count). The molecule has 0 radical (unpaired) electrons. The molecule has 1 amide bonds. The fraction of sp³-hybridized carbons (Fsp3) is 0.783. The predicted octanol–water partition coefficient (Wildman–Crippen LogP) is 1.96. The largest absolute Gasteiger partial charge is 0.387 e. The summed E-state index contributed by atoms with van der Waals surface area (Å²) in [5, 5.41) is 19.4. The third-order valence-corrected chi connectivity index (χ3v) is 7.25. The van der Waals surface area contributed by atoms with Gasteiger partial charge in [0.1, 0.15) is 0 Å². The molecule has 7 heteroatoms. The molecule has 2 N–H and O–H groups in total. The smallest absolute Gasteiger partial charge is 0.267 e. The van der Waals surface area contributed by atoms with Gasteiger partial charge in [-0.1, -0.05) is 0 Å². The zero-order chi connectivity index (χ0) is 21.1. The molecular weight excluding hydrogens is 380 g/mol. The van der Waals surface area contributed by atoms with Crippen LogP contribution in [0.15, 0.2) is 10.9 Å². The van der Waals surface area contributed by atoms with Gasteiger partial charge >= 0.3 is 0 Å². The molecule has 1 aromatic heterocycles. The van der Waals surface area contributed by atoms with E-state index in [2.05, 4.69) is 5.32 Å². The maximum atomic E-state index is 12.6. The van der Waals surface area contributed by atoms with Crippen molar-refractivity contribution in [2.45, 2.75) is 95.2 Å². The molecular formula is C23H36N4O3. The van der Waals surface area contributed by atoms with Gasteiger partial charge in [-0.3, -0.25) is 9.59 Å². The highest BCUT2D eigenvalue weighted by atomic mass is 16.3. The molecule has 0 aromatic carbocycles. The molecule has 1 aromatic rings. The van der Waals surface area contributed by atoms with E-state index in [0.717, 1.165) is 82.0 Å². The number of hydrogen-bond acceptors (Lipinski definition) is 5. The fourth-order valence-corrected chi connectivity index (χ4v) is 5.38. The molecule has 2 heterocycles. The lowest BCUT2D eigenvalue weighted by Crippen LogP contribution is -2.52. The number of hydrogen-bond donors (Lipinski definition) is 2. The number of β-amino-alcohol motifs (C(OH)–C–C–N with tert-alkyl or cyclic N) is 1. The van der Waals surface area contributed by atoms with Gasteiger partial charge in [0.15, 0.2) is 0 Å². The van der Waals surface area contributed by atoms with E-state index in [1.165, 1.54) is 6.42 Å². The second kappa shape index (κ2) is 9.18. The predicted molar refractivity (Wildman–Crippen MR) is 115 cm³/mol. The average Bonchev–Trinajstić information content (AvgIpc) is 2.94. The van der Waals surface area contributed by atoms with Crippen LogP contribution in [0.5, 0.6) is 0 Å². The van der Waals surface area contributed by atoms with Gasteiger partial charge in [0.2, 0.25) is 5.91 Å². The van der Waals surface area contributed by atoms with Crippen LogP contribution in [0.3, 0.4) is 0 Å². The zero-order valence-corrected chi connectivity index (χ0v) is 18.2. The summed E-state index contributed by atoms with van der Waals surface area (Å²) in [5.41, 5.74) is 1.46. The molecule has 2 fully saturated rings. The number of fused-ring (bicyclic) bond motifs is 1. The SMILES string of the molecule is CC(=O)N1CCCCC(O)(CNC2CCC(n3nc4c(cc3=O)CCCC4)CC2)C1. The first kappa shape index (κ1) is 21.5. The Morgan fingerprint density at radius 1 is 1.20 bits per heavy atom. The molecule has 0 spiro atoms. The summed E-state index contributed by atoms with van der Waals surface area (Å²) in [7, 11) is 0. The van der Waals surface area contributed by atoms with Crippen molar-refractivity contribution in [2.24, 2.45) is 0 Å². The van der Waals surface area contributed by atoms with Gasteiger partial charge in [-0.15, -0.1) is 0 Å². The Kier molecular flexibility index (Phi) is 6.58. The molecule has 1 saturated heterocycles. The summed E-state index contributed by atoms with van der Waals surface area (Å²) < 4.78 is 1.74. The second-order valence-corrected chi connectivity index (χ2v) is 9.61. The topological polar surface area (TPSA) is 87.5 Å². The Morgan fingerprint density at radius 3 is 2.73 bits per heavy atom. The lowest BCUT2D eigenvalue weighted by molar-refractivity contribution is -0.131. The first-order valence-electron chi connectivity index (χ1n) is 11.8. The minimum Gasteiger partial charge on any atom is -0.387 e. The van der Waals surface area contributed by atoms with Crippen LogP contribution in [0, 0.1) is 0 Å². The van der Waals surface area contributed by atoms with E-state index in [4.69, 9.17) is 5.10 Å². The van der Waals surface area contributed by atoms with Crippen LogP contribution in [0.1, 0.15) is 82.0 Å². The number of aliphatic hydroxyl groups is 1. The number of carbonyl (C=O) groups excluding carboxylic acids is 1. The molecule has 1 saturated carbocycles. The Balaban J connectivity index is 1.32. The maximum absolute atomic E-state index is 12.6. The van der Waals surface area contributed by atoms with Crippen molar-refractivity contribution in [1.29, 1.82) is 0 Å². The van der Waals surface area contributed by atoms with Crippen molar-refractivity contribution in [2.75, 3.05) is 19.6 Å². The minimum absolute atomic E-state index is 0.0406. The van der Waals surface area contributed by atoms with Crippen LogP contribution in [0.2, 0.25) is 0 Å². The molecule has 3 aliphatic rings. The van der Waals surface area contributed by atoms with Crippen LogP contribution in [0.25, 0.3) is 0 Å². The Bertz CT molecular complexity index is 815. The van der Waals surface area contributed by atoms with E-state index < -0.39 is 5.60 Å². The number of nitrogens with one attached hydrogen (secondary N) is 1. The number of carbonyl (C=O) groups is 1. The highest BCUT2D eigenvalue weighted by Gasteiger charge is 2.34. The Hall–Kier alpha value is -1.73. The first-order valence-corrected chi connectivity index (χ1v) is 11.8. The van der Waals surface area contributed by atoms with Gasteiger partial charge in [0.25, 0.3) is 5.56 Å². The molecule has 1 atom stereocenters. The summed E-state index contributed by atoms with van der Waals surface area (Å²) >= 11 is 0. The Labute approximate surface area is 178 Å². The minimum atomic E-state index is -0.851. The van der Waals surface area contributed by atoms with Gasteiger partial charge in [-0.25, -0.2) is 4.68 Å². The zero-order valence-electron chi connectivity index (χ0n) is 18.2. The number of aryl methyl sites for hydroxylation is 2. The van der Waals surface area contributed by atoms with Gasteiger partial charge in [-0.2, -0.15) is 5.10 Å². The van der Waals surface area contributed by atoms with Crippen LogP contribution >= 0.6 is 0 Å². The van der Waals surface area contributed by atoms with Crippen LogP contribution in [0.4, 0.5) is 0 Å². The summed E-state index contributed by atoms with van der Waals surface area (Å²) in [4.78, 5) is 26.2. The van der Waals surface area contributed by atoms with Gasteiger partial charge in [-0.05, 0) is 76.2 Å². The highest BCUT2D eigenvalue weighted by molar-refractivity contribution is 5.73. The monoisotopic (exact) mass is 416 g/mol. The fourth-order valence-electron chi connectivity index (χ4n) is 5.38. The number of aromatic nitrogens is 2. The van der Waals surface area contributed by atoms with Crippen molar-refractivity contribution in [3.63, 3.8) is 0 Å². The molecule has 30 heavy (non-hydrogen) atoms. The number of nitrogens with zero attached hydrogens (tertiary/aromatic N) is 3. The van der Waals surface area contributed by atoms with Crippen molar-refractivity contribution in [3.8, 4) is 0 Å². The molecule has 2 aliphatic carbocycles. The second-order valence-electron chi connectivity index (χ2n) is 9.61. The van der Waals surface area contributed by atoms with Crippen molar-refractivity contribution in [3.05, 3.63) is 27.7 Å². The lowest BCUT2D eigenvalue weighted by Gasteiger charge is -2.35. The summed E-state index contributed by atoms with van der Waals surface area (Å²) in [6, 6.07) is 2.33. The standard InChI is InChI=1S/C23H36N4O3/c1-17(28)26-13-5-4-12-23(30,16-26)15-24-19-8-10-20(11-9-19)27-22(29)14-18-6-2-3-7-21(18)25-27/h14,19-20,24,30H,2-13,15-16H2,1H3. The van der Waals surface area contributed by atoms with E-state index >= 15 is 0 Å². The van der Waals surface area contributed by atoms with E-state index in [0.29, 0.717) is 19.1 Å². The number of amides is 1. The third kappa shape index (κ3) is 4.94. The van der Waals surface area contributed by atoms with E-state index in [1.54, 1.807) is 16.5 Å². The van der Waals surface area contributed by atoms with Crippen LogP contribution in [-0.2, 0) is 17.6 Å². The van der Waals surface area contributed by atoms with Crippen molar-refractivity contribution < 1.29 is 9.90 Å². The van der Waals surface area contributed by atoms with E-state index in [-0.39, 0.29) is 17.5 Å². The lowest BCUT2D eigenvalue weighted by atomic mass is 9.89. The van der Waals surface area contributed by atoms with Crippen LogP contribution in [-0.4, -0.2) is 57.0 Å². The van der Waals surface area contributed by atoms with Crippen molar-refractivity contribution >= 4 is 5.91 Å². The molecule has 7 nitrogen and oxygen atoms in total. The molecule has 166 valence electrons. The van der Waals surface area contributed by atoms with Gasteiger partial charge < -0.3 is 15.3 Å². The first-order chi connectivity index (χ1) is 14.4. The quantitative estimate of drug-likeness (QED) is 0.783. The third-order valence-electron chi connectivity index (χ3n) is 7.25. The van der Waals surface area contributed by atoms with E-state index in [1.807, 2.05) is 6.07 Å². The van der Waals surface area contributed by atoms with E-state index in [9.17, 15) is 14.7 Å². The summed E-state index contributed by atoms with van der Waals surface area (Å²) in [6.45, 7) is 3.25. The molecule has 1 aliphatic heterocycles. The number of likely N-dealkylation sites (tertiary alicyclic amines) is 1. The Morgan fingerprint density at radius 2 is 1.97 bits per heavy atom. The summed E-state index contributed by atoms with van der Waals surface area (Å²) in [5.74, 6) is 0.0406. The van der Waals surface area contributed by atoms with Crippen LogP contribution < -0.4 is 10.9 Å². The van der Waals surface area contributed by atoms with Gasteiger partial charge in [0.05, 0.1) is 23.9 Å². The maximum Gasteiger partial charge on any atom is 0.267 e. The normalized spacial score (nSPS) is 29.9. The average molecular weight is 417 g/mol. The van der Waals surface area contributed by atoms with Gasteiger partial charge in [0, 0.05) is 32.1 Å². The summed E-state index contributed by atoms with van der Waals surface area (Å²) in [6.07, 6.45) is 10.7. The van der Waals surface area contributed by atoms with Crippen molar-refractivity contribution in [1.82, 2.24) is 20.0 Å². The highest BCUT2D eigenvalue weighted by Crippen LogP contribution is 2.29.